The van der Waals surface area contributed by atoms with Crippen LogP contribution in [0.3, 0.4) is 0 Å². The second-order valence-corrected chi connectivity index (χ2v) is 5.17. The largest absolute Gasteiger partial charge is 0.496 e. The van der Waals surface area contributed by atoms with Crippen LogP contribution in [-0.2, 0) is 17.8 Å². The van der Waals surface area contributed by atoms with E-state index in [0.717, 1.165) is 29.1 Å². The summed E-state index contributed by atoms with van der Waals surface area (Å²) in [5, 5.41) is 0. The van der Waals surface area contributed by atoms with Crippen molar-refractivity contribution in [1.82, 2.24) is 4.98 Å². The van der Waals surface area contributed by atoms with Crippen LogP contribution in [0, 0.1) is 6.92 Å². The van der Waals surface area contributed by atoms with Crippen LogP contribution >= 0.6 is 11.3 Å². The van der Waals surface area contributed by atoms with Crippen LogP contribution in [0.4, 0.5) is 5.69 Å². The molecule has 1 aromatic carbocycles. The minimum atomic E-state index is 0.506. The molecular weight excluding hydrogens is 260 g/mol. The monoisotopic (exact) mass is 278 g/mol. The maximum Gasteiger partial charge on any atom is 0.124 e. The van der Waals surface area contributed by atoms with Crippen LogP contribution < -0.4 is 10.5 Å². The number of aryl methyl sites for hydroxylation is 1. The van der Waals surface area contributed by atoms with E-state index >= 15 is 0 Å². The molecule has 19 heavy (non-hydrogen) atoms. The van der Waals surface area contributed by atoms with Gasteiger partial charge in [0.25, 0.3) is 0 Å². The molecule has 0 aliphatic heterocycles. The van der Waals surface area contributed by atoms with E-state index in [0.29, 0.717) is 13.2 Å². The fourth-order valence-electron chi connectivity index (χ4n) is 1.82. The highest BCUT2D eigenvalue weighted by Crippen LogP contribution is 2.22. The number of hydrogen-bond acceptors (Lipinski definition) is 5. The summed E-state index contributed by atoms with van der Waals surface area (Å²) in [6.45, 7) is 3.19. The average Bonchev–Trinajstić information content (AvgIpc) is 2.80. The lowest BCUT2D eigenvalue weighted by molar-refractivity contribution is 0.122. The number of methoxy groups -OCH3 is 1. The maximum atomic E-state index is 5.77. The highest BCUT2D eigenvalue weighted by molar-refractivity contribution is 7.09. The van der Waals surface area contributed by atoms with Gasteiger partial charge in [0.15, 0.2) is 0 Å². The van der Waals surface area contributed by atoms with Crippen molar-refractivity contribution >= 4 is 17.0 Å². The topological polar surface area (TPSA) is 57.4 Å². The Morgan fingerprint density at radius 3 is 2.89 bits per heavy atom. The van der Waals surface area contributed by atoms with Gasteiger partial charge in [-0.3, -0.25) is 0 Å². The standard InChI is InChI=1S/C14H18N2O2S/c1-10-14(19-9-16-10)5-6-18-8-11-7-12(15)3-4-13(11)17-2/h3-4,7,9H,5-6,8,15H2,1-2H3. The Morgan fingerprint density at radius 1 is 1.37 bits per heavy atom. The molecule has 2 aromatic rings. The van der Waals surface area contributed by atoms with E-state index in [4.69, 9.17) is 15.2 Å². The summed E-state index contributed by atoms with van der Waals surface area (Å²) < 4.78 is 11.0. The zero-order valence-corrected chi connectivity index (χ0v) is 12.0. The number of benzene rings is 1. The van der Waals surface area contributed by atoms with Crippen LogP contribution in [-0.4, -0.2) is 18.7 Å². The summed E-state index contributed by atoms with van der Waals surface area (Å²) in [5.41, 5.74) is 10.4. The van der Waals surface area contributed by atoms with Gasteiger partial charge in [0.05, 0.1) is 31.5 Å². The molecule has 0 spiro atoms. The Bertz CT molecular complexity index is 540. The van der Waals surface area contributed by atoms with Crippen molar-refractivity contribution < 1.29 is 9.47 Å². The average molecular weight is 278 g/mol. The molecule has 1 aromatic heterocycles. The first kappa shape index (κ1) is 13.8. The molecule has 0 saturated heterocycles. The smallest absolute Gasteiger partial charge is 0.124 e. The Labute approximate surface area is 117 Å². The molecular formula is C14H18N2O2S. The summed E-state index contributed by atoms with van der Waals surface area (Å²) in [6, 6.07) is 5.57. The van der Waals surface area contributed by atoms with E-state index in [1.807, 2.05) is 30.6 Å². The quantitative estimate of drug-likeness (QED) is 0.652. The van der Waals surface area contributed by atoms with E-state index in [2.05, 4.69) is 4.98 Å². The van der Waals surface area contributed by atoms with Crippen molar-refractivity contribution in [2.24, 2.45) is 0 Å². The number of aromatic nitrogens is 1. The van der Waals surface area contributed by atoms with Gasteiger partial charge in [0.1, 0.15) is 5.75 Å². The lowest BCUT2D eigenvalue weighted by Crippen LogP contribution is -2.01. The molecule has 0 unspecified atom stereocenters. The predicted molar refractivity (Wildman–Crippen MR) is 77.6 cm³/mol. The van der Waals surface area contributed by atoms with Crippen molar-refractivity contribution in [3.05, 3.63) is 39.8 Å². The van der Waals surface area contributed by atoms with Crippen LogP contribution in [0.15, 0.2) is 23.7 Å². The number of nitrogen functional groups attached to an aromatic ring is 1. The van der Waals surface area contributed by atoms with Crippen molar-refractivity contribution in [2.45, 2.75) is 20.0 Å². The normalized spacial score (nSPS) is 10.6. The third-order valence-electron chi connectivity index (χ3n) is 2.88. The zero-order chi connectivity index (χ0) is 13.7. The summed E-state index contributed by atoms with van der Waals surface area (Å²) in [5.74, 6) is 0.808. The Morgan fingerprint density at radius 2 is 2.21 bits per heavy atom. The molecule has 0 saturated carbocycles. The Hall–Kier alpha value is -1.59. The van der Waals surface area contributed by atoms with E-state index < -0.39 is 0 Å². The SMILES string of the molecule is COc1ccc(N)cc1COCCc1scnc1C. The highest BCUT2D eigenvalue weighted by atomic mass is 32.1. The lowest BCUT2D eigenvalue weighted by atomic mass is 10.2. The molecule has 0 aliphatic carbocycles. The van der Waals surface area contributed by atoms with Gasteiger partial charge in [-0.15, -0.1) is 11.3 Å². The molecule has 102 valence electrons. The van der Waals surface area contributed by atoms with Gasteiger partial charge < -0.3 is 15.2 Å². The van der Waals surface area contributed by atoms with Crippen molar-refractivity contribution in [3.63, 3.8) is 0 Å². The Kier molecular flexibility index (Phi) is 4.76. The summed E-state index contributed by atoms with van der Waals surface area (Å²) in [7, 11) is 1.65. The number of hydrogen-bond donors (Lipinski definition) is 1. The summed E-state index contributed by atoms with van der Waals surface area (Å²) in [4.78, 5) is 5.50. The predicted octanol–water partition coefficient (Wildman–Crippen LogP) is 2.80. The number of thiazole rings is 1. The first-order chi connectivity index (χ1) is 9.20. The van der Waals surface area contributed by atoms with Crippen molar-refractivity contribution in [2.75, 3.05) is 19.5 Å². The minimum Gasteiger partial charge on any atom is -0.496 e. The summed E-state index contributed by atoms with van der Waals surface area (Å²) >= 11 is 1.67. The molecule has 2 rings (SSSR count). The Balaban J connectivity index is 1.86. The molecule has 5 heteroatoms. The number of ether oxygens (including phenoxy) is 2. The van der Waals surface area contributed by atoms with Gasteiger partial charge in [-0.2, -0.15) is 0 Å². The van der Waals surface area contributed by atoms with Gasteiger partial charge >= 0.3 is 0 Å². The van der Waals surface area contributed by atoms with Crippen molar-refractivity contribution in [3.8, 4) is 5.75 Å². The van der Waals surface area contributed by atoms with E-state index in [9.17, 15) is 0 Å². The number of nitrogens with two attached hydrogens (primary N) is 1. The maximum absolute atomic E-state index is 5.77. The molecule has 0 radical (unpaired) electrons. The summed E-state index contributed by atoms with van der Waals surface area (Å²) in [6.07, 6.45) is 0.890. The first-order valence-corrected chi connectivity index (χ1v) is 6.97. The molecule has 1 heterocycles. The first-order valence-electron chi connectivity index (χ1n) is 6.10. The fourth-order valence-corrected chi connectivity index (χ4v) is 2.59. The van der Waals surface area contributed by atoms with Crippen molar-refractivity contribution in [1.29, 1.82) is 0 Å². The molecule has 0 aliphatic rings. The molecule has 2 N–H and O–H groups in total. The van der Waals surface area contributed by atoms with E-state index in [-0.39, 0.29) is 0 Å². The molecule has 0 amide bonds. The van der Waals surface area contributed by atoms with Crippen LogP contribution in [0.25, 0.3) is 0 Å². The molecule has 0 fully saturated rings. The van der Waals surface area contributed by atoms with Gasteiger partial charge in [0.2, 0.25) is 0 Å². The number of rotatable bonds is 6. The zero-order valence-electron chi connectivity index (χ0n) is 11.2. The van der Waals surface area contributed by atoms with Gasteiger partial charge in [0, 0.05) is 22.5 Å². The third-order valence-corrected chi connectivity index (χ3v) is 3.88. The number of nitrogens with zero attached hydrogens (tertiary/aromatic N) is 1. The lowest BCUT2D eigenvalue weighted by Gasteiger charge is -2.10. The highest BCUT2D eigenvalue weighted by Gasteiger charge is 2.05. The fraction of sp³-hybridized carbons (Fsp3) is 0.357. The molecule has 0 atom stereocenters. The van der Waals surface area contributed by atoms with Crippen LogP contribution in [0.2, 0.25) is 0 Å². The minimum absolute atomic E-state index is 0.506. The van der Waals surface area contributed by atoms with Gasteiger partial charge in [-0.1, -0.05) is 0 Å². The second-order valence-electron chi connectivity index (χ2n) is 4.23. The van der Waals surface area contributed by atoms with E-state index in [1.54, 1.807) is 18.4 Å². The molecule has 4 nitrogen and oxygen atoms in total. The van der Waals surface area contributed by atoms with Crippen LogP contribution in [0.1, 0.15) is 16.1 Å². The van der Waals surface area contributed by atoms with E-state index in [1.165, 1.54) is 4.88 Å². The van der Waals surface area contributed by atoms with Gasteiger partial charge in [-0.25, -0.2) is 4.98 Å². The second kappa shape index (κ2) is 6.54. The van der Waals surface area contributed by atoms with Gasteiger partial charge in [-0.05, 0) is 25.1 Å². The third kappa shape index (κ3) is 3.68. The number of anilines is 1. The van der Waals surface area contributed by atoms with Crippen LogP contribution in [0.5, 0.6) is 5.75 Å². The molecule has 0 bridgehead atoms.